The fourth-order valence-corrected chi connectivity index (χ4v) is 3.20. The number of para-hydroxylation sites is 2. The van der Waals surface area contributed by atoms with Crippen molar-refractivity contribution >= 4 is 17.3 Å². The molecule has 5 heteroatoms. The van der Waals surface area contributed by atoms with Gasteiger partial charge in [0.05, 0.1) is 23.1 Å². The fourth-order valence-electron chi connectivity index (χ4n) is 3.20. The van der Waals surface area contributed by atoms with Gasteiger partial charge in [-0.05, 0) is 32.9 Å². The van der Waals surface area contributed by atoms with E-state index in [0.29, 0.717) is 19.6 Å². The van der Waals surface area contributed by atoms with Crippen LogP contribution >= 0.6 is 0 Å². The van der Waals surface area contributed by atoms with Crippen molar-refractivity contribution in [3.8, 4) is 0 Å². The van der Waals surface area contributed by atoms with Crippen molar-refractivity contribution in [1.82, 2.24) is 4.90 Å². The minimum atomic E-state index is -0.284. The first-order valence-electron chi connectivity index (χ1n) is 7.51. The van der Waals surface area contributed by atoms with Crippen molar-refractivity contribution in [2.24, 2.45) is 0 Å². The molecular formula is C16H23N3O2. The number of amides is 1. The predicted molar refractivity (Wildman–Crippen MR) is 83.5 cm³/mol. The minimum absolute atomic E-state index is 0.0709. The van der Waals surface area contributed by atoms with Gasteiger partial charge >= 0.3 is 0 Å². The van der Waals surface area contributed by atoms with Crippen LogP contribution in [0, 0.1) is 0 Å². The Bertz CT molecular complexity index is 544. The molecule has 1 aromatic carbocycles. The molecule has 0 radical (unpaired) electrons. The highest BCUT2D eigenvalue weighted by Gasteiger charge is 2.36. The summed E-state index contributed by atoms with van der Waals surface area (Å²) in [5.74, 6) is 0.139. The Morgan fingerprint density at radius 2 is 2.05 bits per heavy atom. The Morgan fingerprint density at radius 1 is 1.33 bits per heavy atom. The third kappa shape index (κ3) is 2.97. The first-order valence-corrected chi connectivity index (χ1v) is 7.51. The predicted octanol–water partition coefficient (Wildman–Crippen LogP) is 1.92. The summed E-state index contributed by atoms with van der Waals surface area (Å²) in [5, 5.41) is 6.67. The number of fused-ring (bicyclic) bond motifs is 1. The number of nitrogens with one attached hydrogen (secondary N) is 2. The lowest BCUT2D eigenvalue weighted by Crippen LogP contribution is -2.58. The quantitative estimate of drug-likeness (QED) is 0.829. The molecule has 1 aromatic rings. The van der Waals surface area contributed by atoms with Gasteiger partial charge in [-0.25, -0.2) is 0 Å². The zero-order valence-electron chi connectivity index (χ0n) is 12.8. The van der Waals surface area contributed by atoms with Crippen molar-refractivity contribution in [2.75, 3.05) is 30.3 Å². The number of hydrogen-bond acceptors (Lipinski definition) is 4. The molecule has 0 bridgehead atoms. The molecule has 0 aliphatic carbocycles. The van der Waals surface area contributed by atoms with Gasteiger partial charge in [0, 0.05) is 19.6 Å². The van der Waals surface area contributed by atoms with E-state index in [9.17, 15) is 4.79 Å². The van der Waals surface area contributed by atoms with E-state index in [-0.39, 0.29) is 23.7 Å². The lowest BCUT2D eigenvalue weighted by Gasteiger charge is -2.43. The standard InChI is InChI=1S/C16H23N3O2/c1-11-9-19(10-16(2,3)21-11)15(20)14-8-17-12-6-4-5-7-13(12)18-14/h4-7,11,14,17-18H,8-10H2,1-3H3. The zero-order valence-corrected chi connectivity index (χ0v) is 12.8. The molecule has 2 atom stereocenters. The first-order chi connectivity index (χ1) is 9.94. The number of ether oxygens (including phenoxy) is 1. The maximum absolute atomic E-state index is 12.8. The molecule has 21 heavy (non-hydrogen) atoms. The third-order valence-corrected chi connectivity index (χ3v) is 3.93. The zero-order chi connectivity index (χ0) is 15.0. The van der Waals surface area contributed by atoms with Crippen LogP contribution in [0.25, 0.3) is 0 Å². The Hall–Kier alpha value is -1.75. The van der Waals surface area contributed by atoms with Gasteiger partial charge in [-0.15, -0.1) is 0 Å². The molecule has 1 saturated heterocycles. The fraction of sp³-hybridized carbons (Fsp3) is 0.562. The molecule has 1 fully saturated rings. The summed E-state index contributed by atoms with van der Waals surface area (Å²) < 4.78 is 5.87. The van der Waals surface area contributed by atoms with E-state index >= 15 is 0 Å². The third-order valence-electron chi connectivity index (χ3n) is 3.93. The van der Waals surface area contributed by atoms with E-state index in [2.05, 4.69) is 10.6 Å². The van der Waals surface area contributed by atoms with E-state index in [1.165, 1.54) is 0 Å². The van der Waals surface area contributed by atoms with Gasteiger partial charge in [0.2, 0.25) is 5.91 Å². The maximum atomic E-state index is 12.8. The Balaban J connectivity index is 1.72. The molecule has 3 rings (SSSR count). The van der Waals surface area contributed by atoms with Crippen molar-refractivity contribution in [3.05, 3.63) is 24.3 Å². The highest BCUT2D eigenvalue weighted by atomic mass is 16.5. The number of anilines is 2. The number of benzene rings is 1. The highest BCUT2D eigenvalue weighted by Crippen LogP contribution is 2.27. The second-order valence-corrected chi connectivity index (χ2v) is 6.53. The maximum Gasteiger partial charge on any atom is 0.247 e. The molecule has 0 spiro atoms. The number of hydrogen-bond donors (Lipinski definition) is 2. The number of morpholine rings is 1. The number of carbonyl (C=O) groups is 1. The van der Waals surface area contributed by atoms with Crippen LogP contribution in [0.3, 0.4) is 0 Å². The molecule has 0 saturated carbocycles. The summed E-state index contributed by atoms with van der Waals surface area (Å²) in [7, 11) is 0. The van der Waals surface area contributed by atoms with Crippen LogP contribution in [0.15, 0.2) is 24.3 Å². The summed E-state index contributed by atoms with van der Waals surface area (Å²) in [6.45, 7) is 7.98. The Morgan fingerprint density at radius 3 is 2.76 bits per heavy atom. The highest BCUT2D eigenvalue weighted by molar-refractivity contribution is 5.88. The second kappa shape index (κ2) is 5.22. The lowest BCUT2D eigenvalue weighted by molar-refractivity contribution is -0.158. The van der Waals surface area contributed by atoms with Crippen molar-refractivity contribution < 1.29 is 9.53 Å². The minimum Gasteiger partial charge on any atom is -0.381 e. The summed E-state index contributed by atoms with van der Waals surface area (Å²) in [5.41, 5.74) is 1.76. The molecule has 2 heterocycles. The summed E-state index contributed by atoms with van der Waals surface area (Å²) >= 11 is 0. The van der Waals surface area contributed by atoms with Crippen molar-refractivity contribution in [2.45, 2.75) is 38.5 Å². The molecule has 1 amide bonds. The van der Waals surface area contributed by atoms with Gasteiger partial charge in [0.25, 0.3) is 0 Å². The largest absolute Gasteiger partial charge is 0.381 e. The van der Waals surface area contributed by atoms with Crippen LogP contribution in [-0.4, -0.2) is 48.2 Å². The second-order valence-electron chi connectivity index (χ2n) is 6.53. The molecule has 2 unspecified atom stereocenters. The molecule has 5 nitrogen and oxygen atoms in total. The molecular weight excluding hydrogens is 266 g/mol. The van der Waals surface area contributed by atoms with Crippen LogP contribution in [-0.2, 0) is 9.53 Å². The van der Waals surface area contributed by atoms with E-state index < -0.39 is 0 Å². The monoisotopic (exact) mass is 289 g/mol. The van der Waals surface area contributed by atoms with Crippen LogP contribution in [0.5, 0.6) is 0 Å². The SMILES string of the molecule is CC1CN(C(=O)C2CNc3ccccc3N2)CC(C)(C)O1. The Kier molecular flexibility index (Phi) is 3.53. The normalized spacial score (nSPS) is 27.3. The van der Waals surface area contributed by atoms with Crippen LogP contribution in [0.4, 0.5) is 11.4 Å². The first kappa shape index (κ1) is 14.2. The number of rotatable bonds is 1. The van der Waals surface area contributed by atoms with Gasteiger partial charge in [0.1, 0.15) is 6.04 Å². The lowest BCUT2D eigenvalue weighted by atomic mass is 10.0. The van der Waals surface area contributed by atoms with Gasteiger partial charge in [0.15, 0.2) is 0 Å². The average Bonchev–Trinajstić information content (AvgIpc) is 2.44. The number of nitrogens with zero attached hydrogens (tertiary/aromatic N) is 1. The van der Waals surface area contributed by atoms with E-state index in [1.807, 2.05) is 49.9 Å². The Labute approximate surface area is 125 Å². The van der Waals surface area contributed by atoms with Gasteiger partial charge in [-0.3, -0.25) is 4.79 Å². The van der Waals surface area contributed by atoms with Crippen LogP contribution in [0.2, 0.25) is 0 Å². The van der Waals surface area contributed by atoms with E-state index in [4.69, 9.17) is 4.74 Å². The summed E-state index contributed by atoms with van der Waals surface area (Å²) in [6, 6.07) is 7.75. The van der Waals surface area contributed by atoms with Crippen molar-refractivity contribution in [1.29, 1.82) is 0 Å². The molecule has 2 aliphatic rings. The van der Waals surface area contributed by atoms with Crippen LogP contribution < -0.4 is 10.6 Å². The van der Waals surface area contributed by atoms with E-state index in [0.717, 1.165) is 11.4 Å². The average molecular weight is 289 g/mol. The summed E-state index contributed by atoms with van der Waals surface area (Å²) in [4.78, 5) is 14.7. The summed E-state index contributed by atoms with van der Waals surface area (Å²) in [6.07, 6.45) is 0.0709. The van der Waals surface area contributed by atoms with Crippen molar-refractivity contribution in [3.63, 3.8) is 0 Å². The van der Waals surface area contributed by atoms with E-state index in [1.54, 1.807) is 0 Å². The topological polar surface area (TPSA) is 53.6 Å². The molecule has 2 aliphatic heterocycles. The van der Waals surface area contributed by atoms with Gasteiger partial charge in [-0.1, -0.05) is 12.1 Å². The van der Waals surface area contributed by atoms with Crippen LogP contribution in [0.1, 0.15) is 20.8 Å². The molecule has 2 N–H and O–H groups in total. The van der Waals surface area contributed by atoms with Gasteiger partial charge < -0.3 is 20.3 Å². The number of carbonyl (C=O) groups excluding carboxylic acids is 1. The molecule has 114 valence electrons. The smallest absolute Gasteiger partial charge is 0.247 e. The molecule has 0 aromatic heterocycles. The van der Waals surface area contributed by atoms with Gasteiger partial charge in [-0.2, -0.15) is 0 Å².